The van der Waals surface area contributed by atoms with Gasteiger partial charge in [-0.2, -0.15) is 0 Å². The highest BCUT2D eigenvalue weighted by atomic mass is 127. The Bertz CT molecular complexity index is 480. The molecule has 19 heavy (non-hydrogen) atoms. The molecule has 1 aromatic carbocycles. The van der Waals surface area contributed by atoms with Crippen molar-refractivity contribution in [2.24, 2.45) is 5.41 Å². The molecule has 0 radical (unpaired) electrons. The zero-order valence-corrected chi connectivity index (χ0v) is 13.8. The van der Waals surface area contributed by atoms with E-state index in [0.717, 1.165) is 23.8 Å². The summed E-state index contributed by atoms with van der Waals surface area (Å²) in [6.45, 7) is 1.45. The van der Waals surface area contributed by atoms with Crippen LogP contribution in [0.2, 0.25) is 10.0 Å². The lowest BCUT2D eigenvalue weighted by Gasteiger charge is -2.26. The van der Waals surface area contributed by atoms with Crippen molar-refractivity contribution in [1.82, 2.24) is 5.32 Å². The van der Waals surface area contributed by atoms with Crippen LogP contribution in [0.3, 0.4) is 0 Å². The summed E-state index contributed by atoms with van der Waals surface area (Å²) in [6.07, 6.45) is 1.55. The predicted octanol–water partition coefficient (Wildman–Crippen LogP) is 4.12. The first-order chi connectivity index (χ1) is 9.00. The van der Waals surface area contributed by atoms with E-state index in [1.54, 1.807) is 0 Å². The minimum Gasteiger partial charge on any atom is -0.316 e. The van der Waals surface area contributed by atoms with E-state index >= 15 is 0 Å². The number of ketones is 1. The van der Waals surface area contributed by atoms with Crippen LogP contribution in [0, 0.1) is 11.2 Å². The molecular formula is C13H13Cl2FINO. The van der Waals surface area contributed by atoms with Crippen molar-refractivity contribution in [1.29, 1.82) is 0 Å². The quantitative estimate of drug-likeness (QED) is 0.347. The van der Waals surface area contributed by atoms with Crippen molar-refractivity contribution in [3.63, 3.8) is 0 Å². The number of rotatable bonds is 4. The minimum absolute atomic E-state index is 0.0494. The van der Waals surface area contributed by atoms with Gasteiger partial charge in [-0.3, -0.25) is 4.79 Å². The van der Waals surface area contributed by atoms with Crippen LogP contribution in [0.1, 0.15) is 23.2 Å². The first-order valence-corrected chi connectivity index (χ1v) is 8.24. The molecule has 1 heterocycles. The normalized spacial score (nSPS) is 22.7. The van der Waals surface area contributed by atoms with Gasteiger partial charge in [0, 0.05) is 22.0 Å². The van der Waals surface area contributed by atoms with Gasteiger partial charge in [-0.15, -0.1) is 0 Å². The lowest BCUT2D eigenvalue weighted by atomic mass is 9.77. The average molecular weight is 416 g/mol. The Balaban J connectivity index is 2.37. The Morgan fingerprint density at radius 1 is 1.47 bits per heavy atom. The van der Waals surface area contributed by atoms with Crippen LogP contribution >= 0.6 is 45.8 Å². The maximum absolute atomic E-state index is 13.6. The van der Waals surface area contributed by atoms with Gasteiger partial charge in [-0.1, -0.05) is 45.8 Å². The molecule has 1 N–H and O–H groups in total. The molecule has 0 aromatic heterocycles. The summed E-state index contributed by atoms with van der Waals surface area (Å²) in [6, 6.07) is 2.65. The first-order valence-electron chi connectivity index (χ1n) is 5.96. The summed E-state index contributed by atoms with van der Waals surface area (Å²) < 4.78 is 14.5. The average Bonchev–Trinajstić information content (AvgIpc) is 2.84. The largest absolute Gasteiger partial charge is 0.316 e. The fourth-order valence-electron chi connectivity index (χ4n) is 2.44. The molecule has 1 saturated heterocycles. The zero-order chi connectivity index (χ0) is 14.0. The van der Waals surface area contributed by atoms with E-state index in [-0.39, 0.29) is 15.8 Å². The molecule has 2 rings (SSSR count). The van der Waals surface area contributed by atoms with Crippen LogP contribution in [-0.4, -0.2) is 23.3 Å². The molecule has 1 aliphatic heterocycles. The number of benzene rings is 1. The summed E-state index contributed by atoms with van der Waals surface area (Å²) in [4.78, 5) is 12.7. The van der Waals surface area contributed by atoms with Crippen molar-refractivity contribution >= 4 is 51.6 Å². The maximum Gasteiger partial charge on any atom is 0.170 e. The molecule has 0 spiro atoms. The highest BCUT2D eigenvalue weighted by Crippen LogP contribution is 2.36. The number of alkyl halides is 1. The molecule has 104 valence electrons. The SMILES string of the molecule is O=C(c1cc(F)c(Cl)c(Cl)c1)[C@@]1(CCI)CCNC1. The van der Waals surface area contributed by atoms with Gasteiger partial charge in [0.15, 0.2) is 5.78 Å². The first kappa shape index (κ1) is 15.5. The summed E-state index contributed by atoms with van der Waals surface area (Å²) in [7, 11) is 0. The van der Waals surface area contributed by atoms with Crippen LogP contribution in [0.25, 0.3) is 0 Å². The molecule has 0 amide bonds. The molecular weight excluding hydrogens is 403 g/mol. The third-order valence-electron chi connectivity index (χ3n) is 3.54. The van der Waals surface area contributed by atoms with Crippen molar-refractivity contribution in [2.75, 3.05) is 17.5 Å². The van der Waals surface area contributed by atoms with Gasteiger partial charge in [0.25, 0.3) is 0 Å². The molecule has 2 nitrogen and oxygen atoms in total. The second-order valence-electron chi connectivity index (χ2n) is 4.73. The highest BCUT2D eigenvalue weighted by molar-refractivity contribution is 14.1. The Kier molecular flexibility index (Phi) is 5.09. The third kappa shape index (κ3) is 3.06. The number of Topliss-reactive ketones (excluding diaryl/α,β-unsaturated/α-hetero) is 1. The van der Waals surface area contributed by atoms with Crippen LogP contribution in [-0.2, 0) is 0 Å². The molecule has 1 atom stereocenters. The number of carbonyl (C=O) groups excluding carboxylic acids is 1. The van der Waals surface area contributed by atoms with Gasteiger partial charge in [0.05, 0.1) is 10.0 Å². The predicted molar refractivity (Wildman–Crippen MR) is 84.2 cm³/mol. The molecule has 0 bridgehead atoms. The topological polar surface area (TPSA) is 29.1 Å². The maximum atomic E-state index is 13.6. The summed E-state index contributed by atoms with van der Waals surface area (Å²) in [5.41, 5.74) is -0.134. The molecule has 1 fully saturated rings. The lowest BCUT2D eigenvalue weighted by Crippen LogP contribution is -2.34. The van der Waals surface area contributed by atoms with Crippen LogP contribution in [0.5, 0.6) is 0 Å². The molecule has 0 aliphatic carbocycles. The van der Waals surface area contributed by atoms with E-state index < -0.39 is 11.2 Å². The number of hydrogen-bond acceptors (Lipinski definition) is 2. The number of nitrogens with one attached hydrogen (secondary N) is 1. The Morgan fingerprint density at radius 2 is 2.21 bits per heavy atom. The van der Waals surface area contributed by atoms with Crippen molar-refractivity contribution < 1.29 is 9.18 Å². The summed E-state index contributed by atoms with van der Waals surface area (Å²) in [5, 5.41) is 3.16. The lowest BCUT2D eigenvalue weighted by molar-refractivity contribution is 0.0812. The fraction of sp³-hybridized carbons (Fsp3) is 0.462. The van der Waals surface area contributed by atoms with E-state index in [4.69, 9.17) is 23.2 Å². The molecule has 0 unspecified atom stereocenters. The molecule has 1 aliphatic rings. The molecule has 1 aromatic rings. The minimum atomic E-state index is -0.645. The number of hydrogen-bond donors (Lipinski definition) is 1. The fourth-order valence-corrected chi connectivity index (χ4v) is 3.79. The summed E-state index contributed by atoms with van der Waals surface area (Å²) in [5.74, 6) is -0.695. The van der Waals surface area contributed by atoms with E-state index in [1.807, 2.05) is 0 Å². The van der Waals surface area contributed by atoms with Crippen molar-refractivity contribution in [2.45, 2.75) is 12.8 Å². The molecule has 0 saturated carbocycles. The Labute approximate surface area is 135 Å². The summed E-state index contributed by atoms with van der Waals surface area (Å²) >= 11 is 13.8. The third-order valence-corrected chi connectivity index (χ3v) is 4.86. The Morgan fingerprint density at radius 3 is 2.74 bits per heavy atom. The second-order valence-corrected chi connectivity index (χ2v) is 6.59. The van der Waals surface area contributed by atoms with Gasteiger partial charge < -0.3 is 5.32 Å². The van der Waals surface area contributed by atoms with Crippen molar-refractivity contribution in [3.05, 3.63) is 33.6 Å². The van der Waals surface area contributed by atoms with E-state index in [1.165, 1.54) is 12.1 Å². The Hall–Kier alpha value is 0.0900. The van der Waals surface area contributed by atoms with Crippen molar-refractivity contribution in [3.8, 4) is 0 Å². The smallest absolute Gasteiger partial charge is 0.170 e. The standard InChI is InChI=1S/C13H13Cl2FINO/c14-9-5-8(6-10(16)11(9)15)12(19)13(1-3-17)2-4-18-7-13/h5-6,18H,1-4,7H2/t13-/m0/s1. The monoisotopic (exact) mass is 415 g/mol. The number of halogens is 4. The zero-order valence-electron chi connectivity index (χ0n) is 10.1. The van der Waals surface area contributed by atoms with E-state index in [0.29, 0.717) is 12.1 Å². The van der Waals surface area contributed by atoms with E-state index in [2.05, 4.69) is 27.9 Å². The van der Waals surface area contributed by atoms with Gasteiger partial charge >= 0.3 is 0 Å². The van der Waals surface area contributed by atoms with Crippen LogP contribution in [0.15, 0.2) is 12.1 Å². The van der Waals surface area contributed by atoms with Crippen LogP contribution < -0.4 is 5.32 Å². The van der Waals surface area contributed by atoms with Gasteiger partial charge in [-0.25, -0.2) is 4.39 Å². The van der Waals surface area contributed by atoms with Crippen LogP contribution in [0.4, 0.5) is 4.39 Å². The highest BCUT2D eigenvalue weighted by Gasteiger charge is 2.41. The van der Waals surface area contributed by atoms with Gasteiger partial charge in [0.1, 0.15) is 5.82 Å². The van der Waals surface area contributed by atoms with Gasteiger partial charge in [-0.05, 0) is 31.5 Å². The van der Waals surface area contributed by atoms with Gasteiger partial charge in [0.2, 0.25) is 0 Å². The van der Waals surface area contributed by atoms with E-state index in [9.17, 15) is 9.18 Å². The second kappa shape index (κ2) is 6.24. The number of carbonyl (C=O) groups is 1. The molecule has 6 heteroatoms.